The zero-order valence-corrected chi connectivity index (χ0v) is 16.8. The molecular formula is C20H26N2O3S. The maximum atomic E-state index is 12.8. The lowest BCUT2D eigenvalue weighted by molar-refractivity contribution is 0.0956. The number of nitrogens with one attached hydrogen (secondary N) is 2. The summed E-state index contributed by atoms with van der Waals surface area (Å²) in [6.45, 7) is 10.1. The highest BCUT2D eigenvalue weighted by molar-refractivity contribution is 7.89. The smallest absolute Gasteiger partial charge is 0.251 e. The second kappa shape index (κ2) is 8.01. The van der Waals surface area contributed by atoms with Gasteiger partial charge >= 0.3 is 0 Å². The third-order valence-electron chi connectivity index (χ3n) is 4.59. The first kappa shape index (κ1) is 20.1. The van der Waals surface area contributed by atoms with E-state index in [1.807, 2.05) is 40.7 Å². The van der Waals surface area contributed by atoms with Gasteiger partial charge in [-0.05, 0) is 74.6 Å². The predicted molar refractivity (Wildman–Crippen MR) is 104 cm³/mol. The summed E-state index contributed by atoms with van der Waals surface area (Å²) in [5.41, 5.74) is 4.81. The summed E-state index contributed by atoms with van der Waals surface area (Å²) in [4.78, 5) is 12.1. The molecule has 26 heavy (non-hydrogen) atoms. The van der Waals surface area contributed by atoms with Crippen LogP contribution >= 0.6 is 0 Å². The Kier molecular flexibility index (Phi) is 6.21. The standard InChI is InChI=1S/C20H26N2O3S/c1-6-21-20(23)18-9-7-17(8-10-18)12-22-26(24,25)19-15(4)13(2)11-14(3)16(19)5/h7-11,22H,6,12H2,1-5H3,(H,21,23). The average Bonchev–Trinajstić information content (AvgIpc) is 2.59. The van der Waals surface area contributed by atoms with Gasteiger partial charge in [0, 0.05) is 18.7 Å². The lowest BCUT2D eigenvalue weighted by atomic mass is 10.0. The first-order valence-electron chi connectivity index (χ1n) is 8.61. The van der Waals surface area contributed by atoms with Crippen LogP contribution in [0, 0.1) is 27.7 Å². The van der Waals surface area contributed by atoms with Crippen molar-refractivity contribution in [2.24, 2.45) is 0 Å². The molecule has 2 rings (SSSR count). The van der Waals surface area contributed by atoms with Crippen LogP contribution in [-0.2, 0) is 16.6 Å². The van der Waals surface area contributed by atoms with Crippen molar-refractivity contribution in [3.8, 4) is 0 Å². The van der Waals surface area contributed by atoms with E-state index in [0.29, 0.717) is 17.0 Å². The molecule has 0 saturated heterocycles. The Bertz CT molecular complexity index is 891. The molecule has 0 aliphatic heterocycles. The van der Waals surface area contributed by atoms with E-state index >= 15 is 0 Å². The lowest BCUT2D eigenvalue weighted by Crippen LogP contribution is -2.25. The molecule has 0 atom stereocenters. The number of hydrogen-bond donors (Lipinski definition) is 2. The topological polar surface area (TPSA) is 75.3 Å². The Morgan fingerprint density at radius 2 is 1.50 bits per heavy atom. The fourth-order valence-electron chi connectivity index (χ4n) is 2.87. The van der Waals surface area contributed by atoms with E-state index in [0.717, 1.165) is 27.8 Å². The van der Waals surface area contributed by atoms with Crippen molar-refractivity contribution in [3.05, 3.63) is 63.7 Å². The monoisotopic (exact) mass is 374 g/mol. The molecule has 2 aromatic rings. The van der Waals surface area contributed by atoms with Gasteiger partial charge in [-0.3, -0.25) is 4.79 Å². The summed E-state index contributed by atoms with van der Waals surface area (Å²) in [6.07, 6.45) is 0. The minimum absolute atomic E-state index is 0.138. The molecule has 0 saturated carbocycles. The number of rotatable bonds is 6. The molecule has 0 unspecified atom stereocenters. The van der Waals surface area contributed by atoms with Crippen molar-refractivity contribution in [1.29, 1.82) is 0 Å². The highest BCUT2D eigenvalue weighted by Gasteiger charge is 2.21. The van der Waals surface area contributed by atoms with Gasteiger partial charge in [-0.15, -0.1) is 0 Å². The molecule has 0 bridgehead atoms. The van der Waals surface area contributed by atoms with Gasteiger partial charge in [-0.25, -0.2) is 13.1 Å². The predicted octanol–water partition coefficient (Wildman–Crippen LogP) is 3.15. The Morgan fingerprint density at radius 3 is 2.00 bits per heavy atom. The van der Waals surface area contributed by atoms with Gasteiger partial charge in [0.25, 0.3) is 5.91 Å². The molecule has 2 N–H and O–H groups in total. The van der Waals surface area contributed by atoms with E-state index in [1.54, 1.807) is 24.3 Å². The highest BCUT2D eigenvalue weighted by atomic mass is 32.2. The summed E-state index contributed by atoms with van der Waals surface area (Å²) < 4.78 is 28.3. The molecule has 0 heterocycles. The maximum absolute atomic E-state index is 12.8. The van der Waals surface area contributed by atoms with Crippen LogP contribution in [0.4, 0.5) is 0 Å². The number of sulfonamides is 1. The summed E-state index contributed by atoms with van der Waals surface area (Å²) in [7, 11) is -3.63. The highest BCUT2D eigenvalue weighted by Crippen LogP contribution is 2.26. The van der Waals surface area contributed by atoms with Crippen LogP contribution in [0.3, 0.4) is 0 Å². The Labute approximate surface area is 155 Å². The number of aryl methyl sites for hydroxylation is 2. The average molecular weight is 375 g/mol. The molecule has 6 heteroatoms. The zero-order chi connectivity index (χ0) is 19.5. The fourth-order valence-corrected chi connectivity index (χ4v) is 4.50. The Hall–Kier alpha value is -2.18. The normalized spacial score (nSPS) is 11.4. The van der Waals surface area contributed by atoms with Gasteiger partial charge in [-0.2, -0.15) is 0 Å². The Balaban J connectivity index is 2.20. The van der Waals surface area contributed by atoms with Gasteiger partial charge in [0.2, 0.25) is 10.0 Å². The number of benzene rings is 2. The maximum Gasteiger partial charge on any atom is 0.251 e. The van der Waals surface area contributed by atoms with E-state index in [4.69, 9.17) is 0 Å². The zero-order valence-electron chi connectivity index (χ0n) is 15.9. The molecule has 0 aliphatic carbocycles. The number of hydrogen-bond acceptors (Lipinski definition) is 3. The van der Waals surface area contributed by atoms with Crippen molar-refractivity contribution in [1.82, 2.24) is 10.0 Å². The number of carbonyl (C=O) groups is 1. The van der Waals surface area contributed by atoms with Gasteiger partial charge in [0.05, 0.1) is 4.90 Å². The molecule has 0 fully saturated rings. The van der Waals surface area contributed by atoms with E-state index in [2.05, 4.69) is 10.0 Å². The number of amides is 1. The van der Waals surface area contributed by atoms with E-state index in [-0.39, 0.29) is 12.5 Å². The summed E-state index contributed by atoms with van der Waals surface area (Å²) in [6, 6.07) is 8.91. The van der Waals surface area contributed by atoms with Gasteiger partial charge in [0.15, 0.2) is 0 Å². The number of carbonyl (C=O) groups excluding carboxylic acids is 1. The third-order valence-corrected chi connectivity index (χ3v) is 6.26. The molecule has 0 aliphatic rings. The Morgan fingerprint density at radius 1 is 0.962 bits per heavy atom. The van der Waals surface area contributed by atoms with Crippen molar-refractivity contribution >= 4 is 15.9 Å². The molecule has 0 aromatic heterocycles. The van der Waals surface area contributed by atoms with E-state index in [1.165, 1.54) is 0 Å². The molecule has 0 spiro atoms. The minimum Gasteiger partial charge on any atom is -0.352 e. The van der Waals surface area contributed by atoms with Crippen LogP contribution in [0.5, 0.6) is 0 Å². The molecule has 140 valence electrons. The SMILES string of the molecule is CCNC(=O)c1ccc(CNS(=O)(=O)c2c(C)c(C)cc(C)c2C)cc1. The molecule has 1 amide bonds. The fraction of sp³-hybridized carbons (Fsp3) is 0.350. The third kappa shape index (κ3) is 4.31. The van der Waals surface area contributed by atoms with Crippen LogP contribution in [0.2, 0.25) is 0 Å². The first-order valence-corrected chi connectivity index (χ1v) is 10.1. The van der Waals surface area contributed by atoms with Crippen molar-refractivity contribution in [2.75, 3.05) is 6.54 Å². The van der Waals surface area contributed by atoms with Crippen LogP contribution in [0.1, 0.15) is 45.1 Å². The van der Waals surface area contributed by atoms with Gasteiger partial charge < -0.3 is 5.32 Å². The van der Waals surface area contributed by atoms with Gasteiger partial charge in [0.1, 0.15) is 0 Å². The lowest BCUT2D eigenvalue weighted by Gasteiger charge is -2.16. The van der Waals surface area contributed by atoms with Crippen LogP contribution in [-0.4, -0.2) is 20.9 Å². The van der Waals surface area contributed by atoms with Crippen LogP contribution < -0.4 is 10.0 Å². The molecule has 0 radical (unpaired) electrons. The van der Waals surface area contributed by atoms with Gasteiger partial charge in [-0.1, -0.05) is 18.2 Å². The second-order valence-electron chi connectivity index (χ2n) is 6.47. The van der Waals surface area contributed by atoms with Crippen molar-refractivity contribution < 1.29 is 13.2 Å². The summed E-state index contributed by atoms with van der Waals surface area (Å²) in [5.74, 6) is -0.138. The first-order chi connectivity index (χ1) is 12.2. The van der Waals surface area contributed by atoms with Crippen LogP contribution in [0.25, 0.3) is 0 Å². The van der Waals surface area contributed by atoms with Crippen molar-refractivity contribution in [2.45, 2.75) is 46.1 Å². The molecule has 5 nitrogen and oxygen atoms in total. The van der Waals surface area contributed by atoms with Crippen LogP contribution in [0.15, 0.2) is 35.2 Å². The quantitative estimate of drug-likeness (QED) is 0.816. The van der Waals surface area contributed by atoms with E-state index in [9.17, 15) is 13.2 Å². The summed E-state index contributed by atoms with van der Waals surface area (Å²) in [5, 5.41) is 2.73. The summed E-state index contributed by atoms with van der Waals surface area (Å²) >= 11 is 0. The molecular weight excluding hydrogens is 348 g/mol. The van der Waals surface area contributed by atoms with E-state index < -0.39 is 10.0 Å². The van der Waals surface area contributed by atoms with Crippen molar-refractivity contribution in [3.63, 3.8) is 0 Å². The largest absolute Gasteiger partial charge is 0.352 e. The second-order valence-corrected chi connectivity index (χ2v) is 8.17. The minimum atomic E-state index is -3.63. The molecule has 2 aromatic carbocycles.